The van der Waals surface area contributed by atoms with Crippen LogP contribution in [-0.4, -0.2) is 29.4 Å². The minimum atomic E-state index is -0.330. The fourth-order valence-electron chi connectivity index (χ4n) is 3.34. The van der Waals surface area contributed by atoms with Crippen LogP contribution in [0.5, 0.6) is 5.75 Å². The van der Waals surface area contributed by atoms with Gasteiger partial charge < -0.3 is 15.0 Å². The molecule has 1 fully saturated rings. The van der Waals surface area contributed by atoms with E-state index in [4.69, 9.17) is 4.74 Å². The van der Waals surface area contributed by atoms with Crippen LogP contribution in [0.2, 0.25) is 0 Å². The first-order valence-electron chi connectivity index (χ1n) is 8.09. The molecule has 0 radical (unpaired) electrons. The van der Waals surface area contributed by atoms with E-state index < -0.39 is 0 Å². The van der Waals surface area contributed by atoms with Crippen LogP contribution in [0.15, 0.2) is 23.1 Å². The van der Waals surface area contributed by atoms with Gasteiger partial charge in [-0.1, -0.05) is 0 Å². The third kappa shape index (κ3) is 2.65. The van der Waals surface area contributed by atoms with Gasteiger partial charge in [-0.05, 0) is 43.1 Å². The molecule has 0 saturated carbocycles. The summed E-state index contributed by atoms with van der Waals surface area (Å²) in [4.78, 5) is 13.8. The van der Waals surface area contributed by atoms with Crippen molar-refractivity contribution in [3.63, 3.8) is 0 Å². The van der Waals surface area contributed by atoms with E-state index in [1.165, 1.54) is 0 Å². The summed E-state index contributed by atoms with van der Waals surface area (Å²) >= 11 is 0. The third-order valence-electron chi connectivity index (χ3n) is 4.70. The standard InChI is InChI=1S/C17H19FN4O2/c1-10-15(7-20-21-17(10)23)22-8-11-4-14(18)16(5-12(11)9-22)24-13-2-3-19-6-13/h4-5,7,13,19H,2-3,6,8-9H2,1H3,(H,21,23). The van der Waals surface area contributed by atoms with Gasteiger partial charge in [0.2, 0.25) is 0 Å². The van der Waals surface area contributed by atoms with Crippen molar-refractivity contribution in [2.24, 2.45) is 0 Å². The Morgan fingerprint density at radius 1 is 1.33 bits per heavy atom. The third-order valence-corrected chi connectivity index (χ3v) is 4.70. The molecule has 1 unspecified atom stereocenters. The minimum Gasteiger partial charge on any atom is -0.486 e. The molecule has 2 N–H and O–H groups in total. The zero-order valence-corrected chi connectivity index (χ0v) is 13.4. The molecule has 0 aliphatic carbocycles. The molecule has 2 aromatic rings. The number of hydrogen-bond acceptors (Lipinski definition) is 5. The molecule has 0 spiro atoms. The first-order valence-corrected chi connectivity index (χ1v) is 8.09. The van der Waals surface area contributed by atoms with Crippen LogP contribution in [0, 0.1) is 12.7 Å². The summed E-state index contributed by atoms with van der Waals surface area (Å²) in [5, 5.41) is 9.51. The Kier molecular flexibility index (Phi) is 3.72. The van der Waals surface area contributed by atoms with Crippen molar-refractivity contribution in [1.82, 2.24) is 15.5 Å². The average Bonchev–Trinajstić information content (AvgIpc) is 3.20. The molecule has 1 atom stereocenters. The van der Waals surface area contributed by atoms with E-state index in [1.807, 2.05) is 4.90 Å². The monoisotopic (exact) mass is 330 g/mol. The quantitative estimate of drug-likeness (QED) is 0.892. The number of ether oxygens (including phenoxy) is 1. The number of aromatic nitrogens is 2. The van der Waals surface area contributed by atoms with Gasteiger partial charge in [-0.3, -0.25) is 4.79 Å². The summed E-state index contributed by atoms with van der Waals surface area (Å²) in [7, 11) is 0. The van der Waals surface area contributed by atoms with Gasteiger partial charge in [0.25, 0.3) is 5.56 Å². The Morgan fingerprint density at radius 3 is 2.88 bits per heavy atom. The predicted octanol–water partition coefficient (Wildman–Crippen LogP) is 1.48. The summed E-state index contributed by atoms with van der Waals surface area (Å²) in [6.07, 6.45) is 2.55. The lowest BCUT2D eigenvalue weighted by atomic mass is 10.1. The van der Waals surface area contributed by atoms with Gasteiger partial charge in [0.15, 0.2) is 11.6 Å². The lowest BCUT2D eigenvalue weighted by molar-refractivity contribution is 0.213. The van der Waals surface area contributed by atoms with Crippen LogP contribution in [0.3, 0.4) is 0 Å². The van der Waals surface area contributed by atoms with Gasteiger partial charge in [0.1, 0.15) is 6.10 Å². The molecule has 1 aromatic carbocycles. The normalized spacial score (nSPS) is 19.6. The molecule has 126 valence electrons. The average molecular weight is 330 g/mol. The van der Waals surface area contributed by atoms with Crippen molar-refractivity contribution in [1.29, 1.82) is 0 Å². The Bertz CT molecular complexity index is 830. The van der Waals surface area contributed by atoms with E-state index in [1.54, 1.807) is 25.3 Å². The van der Waals surface area contributed by atoms with Crippen molar-refractivity contribution in [3.05, 3.63) is 51.2 Å². The molecule has 1 saturated heterocycles. The maximum atomic E-state index is 14.3. The van der Waals surface area contributed by atoms with Crippen molar-refractivity contribution in [2.75, 3.05) is 18.0 Å². The summed E-state index contributed by atoms with van der Waals surface area (Å²) in [5.41, 5.74) is 3.14. The molecule has 0 bridgehead atoms. The van der Waals surface area contributed by atoms with Gasteiger partial charge in [-0.2, -0.15) is 5.10 Å². The Labute approximate surface area is 138 Å². The highest BCUT2D eigenvalue weighted by molar-refractivity contribution is 5.55. The van der Waals surface area contributed by atoms with E-state index in [2.05, 4.69) is 15.5 Å². The number of nitrogens with one attached hydrogen (secondary N) is 2. The van der Waals surface area contributed by atoms with Crippen LogP contribution in [0.25, 0.3) is 0 Å². The Hall–Kier alpha value is -2.41. The maximum Gasteiger partial charge on any atom is 0.269 e. The van der Waals surface area contributed by atoms with Gasteiger partial charge in [-0.15, -0.1) is 0 Å². The number of aromatic amines is 1. The number of hydrogen-bond donors (Lipinski definition) is 2. The molecule has 0 amide bonds. The fraction of sp³-hybridized carbons (Fsp3) is 0.412. The van der Waals surface area contributed by atoms with Crippen molar-refractivity contribution in [2.45, 2.75) is 32.5 Å². The Balaban J connectivity index is 1.60. The highest BCUT2D eigenvalue weighted by atomic mass is 19.1. The molecule has 6 nitrogen and oxygen atoms in total. The summed E-state index contributed by atoms with van der Waals surface area (Å²) in [6, 6.07) is 3.34. The number of nitrogens with zero attached hydrogens (tertiary/aromatic N) is 2. The lowest BCUT2D eigenvalue weighted by Crippen LogP contribution is -2.21. The smallest absolute Gasteiger partial charge is 0.269 e. The second-order valence-corrected chi connectivity index (χ2v) is 6.35. The number of fused-ring (bicyclic) bond motifs is 1. The van der Waals surface area contributed by atoms with Crippen LogP contribution in [0.1, 0.15) is 23.1 Å². The van der Waals surface area contributed by atoms with Crippen LogP contribution >= 0.6 is 0 Å². The second kappa shape index (κ2) is 5.90. The van der Waals surface area contributed by atoms with Crippen LogP contribution < -0.4 is 20.5 Å². The molecule has 24 heavy (non-hydrogen) atoms. The molecular weight excluding hydrogens is 311 g/mol. The van der Waals surface area contributed by atoms with E-state index in [0.717, 1.165) is 36.3 Å². The summed E-state index contributed by atoms with van der Waals surface area (Å²) < 4.78 is 20.1. The van der Waals surface area contributed by atoms with Gasteiger partial charge in [-0.25, -0.2) is 9.49 Å². The van der Waals surface area contributed by atoms with Crippen molar-refractivity contribution >= 4 is 5.69 Å². The second-order valence-electron chi connectivity index (χ2n) is 6.35. The van der Waals surface area contributed by atoms with Gasteiger partial charge >= 0.3 is 0 Å². The largest absolute Gasteiger partial charge is 0.486 e. The summed E-state index contributed by atoms with van der Waals surface area (Å²) in [6.45, 7) is 4.59. The van der Waals surface area contributed by atoms with Crippen LogP contribution in [0.4, 0.5) is 10.1 Å². The molecule has 2 aliphatic rings. The SMILES string of the molecule is Cc1c(N2Cc3cc(F)c(OC4CCNC4)cc3C2)cn[nH]c1=O. The zero-order chi connectivity index (χ0) is 16.7. The number of H-pyrrole nitrogens is 1. The number of halogens is 1. The van der Waals surface area contributed by atoms with E-state index in [0.29, 0.717) is 24.4 Å². The zero-order valence-electron chi connectivity index (χ0n) is 13.4. The van der Waals surface area contributed by atoms with Crippen molar-refractivity contribution < 1.29 is 9.13 Å². The number of rotatable bonds is 3. The van der Waals surface area contributed by atoms with Crippen molar-refractivity contribution in [3.8, 4) is 5.75 Å². The molecule has 1 aromatic heterocycles. The Morgan fingerprint density at radius 2 is 2.12 bits per heavy atom. The highest BCUT2D eigenvalue weighted by Crippen LogP contribution is 2.33. The predicted molar refractivity (Wildman–Crippen MR) is 87.8 cm³/mol. The molecule has 2 aliphatic heterocycles. The highest BCUT2D eigenvalue weighted by Gasteiger charge is 2.25. The van der Waals surface area contributed by atoms with E-state index in [9.17, 15) is 9.18 Å². The minimum absolute atomic E-state index is 0.0224. The molecule has 3 heterocycles. The lowest BCUT2D eigenvalue weighted by Gasteiger charge is -2.18. The molecule has 4 rings (SSSR count). The first-order chi connectivity index (χ1) is 11.6. The number of anilines is 1. The van der Waals surface area contributed by atoms with E-state index in [-0.39, 0.29) is 17.5 Å². The molecule has 7 heteroatoms. The number of benzene rings is 1. The van der Waals surface area contributed by atoms with Gasteiger partial charge in [0.05, 0.1) is 11.9 Å². The fourth-order valence-corrected chi connectivity index (χ4v) is 3.34. The van der Waals surface area contributed by atoms with E-state index >= 15 is 0 Å². The maximum absolute atomic E-state index is 14.3. The topological polar surface area (TPSA) is 70.2 Å². The summed E-state index contributed by atoms with van der Waals surface area (Å²) in [5.74, 6) is -0.0201. The molecular formula is C17H19FN4O2. The van der Waals surface area contributed by atoms with Crippen LogP contribution in [-0.2, 0) is 13.1 Å². The first kappa shape index (κ1) is 15.1. The van der Waals surface area contributed by atoms with Gasteiger partial charge in [0, 0.05) is 25.2 Å².